The standard InChI is InChI=1S/C29H29N5O3/c1-18-15-23(7-8-25(18)20-3-5-21(6-4-20)28-31-19(2)37-33-28)29(35)32-24-16-22-9-14-36-27(22)26(17-24)34-12-10-30-11-13-34/h3-8,15-17,30H,9-14H2,1-2H3,(H,32,35). The molecule has 4 aromatic rings. The number of piperazine rings is 1. The van der Waals surface area contributed by atoms with Crippen molar-refractivity contribution < 1.29 is 14.1 Å². The fourth-order valence-corrected chi connectivity index (χ4v) is 5.05. The van der Waals surface area contributed by atoms with Crippen LogP contribution in [0.2, 0.25) is 0 Å². The maximum Gasteiger partial charge on any atom is 0.255 e. The van der Waals surface area contributed by atoms with Gasteiger partial charge in [0.1, 0.15) is 5.75 Å². The molecule has 2 N–H and O–H groups in total. The highest BCUT2D eigenvalue weighted by atomic mass is 16.5. The van der Waals surface area contributed by atoms with Gasteiger partial charge in [0.15, 0.2) is 0 Å². The van der Waals surface area contributed by atoms with Crippen molar-refractivity contribution in [2.75, 3.05) is 43.0 Å². The number of benzene rings is 3. The summed E-state index contributed by atoms with van der Waals surface area (Å²) in [5.41, 5.74) is 7.71. The number of carbonyl (C=O) groups excluding carboxylic acids is 1. The van der Waals surface area contributed by atoms with Gasteiger partial charge in [0.05, 0.1) is 12.3 Å². The number of nitrogens with one attached hydrogen (secondary N) is 2. The highest BCUT2D eigenvalue weighted by molar-refractivity contribution is 6.05. The van der Waals surface area contributed by atoms with Gasteiger partial charge in [-0.2, -0.15) is 4.98 Å². The molecular weight excluding hydrogens is 466 g/mol. The zero-order chi connectivity index (χ0) is 25.4. The molecule has 1 aromatic heterocycles. The number of amides is 1. The smallest absolute Gasteiger partial charge is 0.255 e. The van der Waals surface area contributed by atoms with E-state index in [1.807, 2.05) is 61.5 Å². The van der Waals surface area contributed by atoms with Gasteiger partial charge in [-0.15, -0.1) is 0 Å². The van der Waals surface area contributed by atoms with Crippen LogP contribution in [-0.4, -0.2) is 48.8 Å². The van der Waals surface area contributed by atoms with Gasteiger partial charge in [-0.1, -0.05) is 35.5 Å². The van der Waals surface area contributed by atoms with Crippen molar-refractivity contribution in [2.24, 2.45) is 0 Å². The number of carbonyl (C=O) groups is 1. The molecule has 3 aromatic carbocycles. The van der Waals surface area contributed by atoms with E-state index >= 15 is 0 Å². The summed E-state index contributed by atoms with van der Waals surface area (Å²) in [6.07, 6.45) is 0.858. The molecule has 0 saturated carbocycles. The monoisotopic (exact) mass is 495 g/mol. The molecule has 0 unspecified atom stereocenters. The van der Waals surface area contributed by atoms with Crippen LogP contribution in [0.4, 0.5) is 11.4 Å². The van der Waals surface area contributed by atoms with Crippen molar-refractivity contribution in [3.8, 4) is 28.3 Å². The third kappa shape index (κ3) is 4.68. The van der Waals surface area contributed by atoms with Gasteiger partial charge in [-0.05, 0) is 47.9 Å². The molecule has 0 bridgehead atoms. The molecule has 8 heteroatoms. The predicted octanol–water partition coefficient (Wildman–Crippen LogP) is 4.62. The molecule has 1 amide bonds. The van der Waals surface area contributed by atoms with Crippen LogP contribution < -0.4 is 20.3 Å². The summed E-state index contributed by atoms with van der Waals surface area (Å²) < 4.78 is 11.0. The van der Waals surface area contributed by atoms with Crippen molar-refractivity contribution >= 4 is 17.3 Å². The quantitative estimate of drug-likeness (QED) is 0.417. The molecule has 0 atom stereocenters. The number of rotatable bonds is 5. The summed E-state index contributed by atoms with van der Waals surface area (Å²) in [6, 6.07) is 17.9. The zero-order valence-electron chi connectivity index (χ0n) is 21.0. The van der Waals surface area contributed by atoms with Gasteiger partial charge in [0.2, 0.25) is 11.7 Å². The molecule has 1 fully saturated rings. The molecule has 2 aliphatic rings. The SMILES string of the molecule is Cc1nc(-c2ccc(-c3ccc(C(=O)Nc4cc5c(c(N6CCNCC6)c4)OCC5)cc3C)cc2)no1. The Kier molecular flexibility index (Phi) is 6.10. The Morgan fingerprint density at radius 1 is 1.00 bits per heavy atom. The van der Waals surface area contributed by atoms with Gasteiger partial charge in [0.25, 0.3) is 5.91 Å². The number of fused-ring (bicyclic) bond motifs is 1. The summed E-state index contributed by atoms with van der Waals surface area (Å²) in [7, 11) is 0. The first-order valence-corrected chi connectivity index (χ1v) is 12.6. The molecule has 0 spiro atoms. The van der Waals surface area contributed by atoms with Crippen molar-refractivity contribution in [1.29, 1.82) is 0 Å². The van der Waals surface area contributed by atoms with Crippen LogP contribution in [0.3, 0.4) is 0 Å². The van der Waals surface area contributed by atoms with Crippen molar-refractivity contribution in [2.45, 2.75) is 20.3 Å². The minimum absolute atomic E-state index is 0.123. The van der Waals surface area contributed by atoms with E-state index in [9.17, 15) is 4.79 Å². The topological polar surface area (TPSA) is 92.5 Å². The molecule has 3 heterocycles. The molecule has 0 aliphatic carbocycles. The molecule has 8 nitrogen and oxygen atoms in total. The predicted molar refractivity (Wildman–Crippen MR) is 143 cm³/mol. The third-order valence-corrected chi connectivity index (χ3v) is 6.95. The largest absolute Gasteiger partial charge is 0.491 e. The maximum atomic E-state index is 13.2. The number of hydrogen-bond donors (Lipinski definition) is 2. The Morgan fingerprint density at radius 3 is 2.51 bits per heavy atom. The molecule has 0 radical (unpaired) electrons. The number of ether oxygens (including phenoxy) is 1. The zero-order valence-corrected chi connectivity index (χ0v) is 21.0. The van der Waals surface area contributed by atoms with Gasteiger partial charge >= 0.3 is 0 Å². The minimum atomic E-state index is -0.123. The summed E-state index contributed by atoms with van der Waals surface area (Å²) in [5, 5.41) is 10.5. The average molecular weight is 496 g/mol. The molecule has 6 rings (SSSR count). The van der Waals surface area contributed by atoms with Crippen LogP contribution in [0.25, 0.3) is 22.5 Å². The Hall–Kier alpha value is -4.17. The summed E-state index contributed by atoms with van der Waals surface area (Å²) in [6.45, 7) is 8.20. The molecule has 2 aliphatic heterocycles. The number of nitrogens with zero attached hydrogens (tertiary/aromatic N) is 3. The average Bonchev–Trinajstić information content (AvgIpc) is 3.58. The van der Waals surface area contributed by atoms with E-state index in [1.54, 1.807) is 6.92 Å². The van der Waals surface area contributed by atoms with E-state index < -0.39 is 0 Å². The lowest BCUT2D eigenvalue weighted by Gasteiger charge is -2.31. The number of aryl methyl sites for hydroxylation is 2. The van der Waals surface area contributed by atoms with Crippen molar-refractivity contribution in [3.05, 3.63) is 77.2 Å². The fourth-order valence-electron chi connectivity index (χ4n) is 5.05. The van der Waals surface area contributed by atoms with Crippen LogP contribution in [-0.2, 0) is 6.42 Å². The van der Waals surface area contributed by atoms with Crippen LogP contribution in [0.15, 0.2) is 59.1 Å². The second-order valence-corrected chi connectivity index (χ2v) is 9.52. The van der Waals surface area contributed by atoms with Gasteiger partial charge < -0.3 is 24.8 Å². The van der Waals surface area contributed by atoms with Crippen LogP contribution >= 0.6 is 0 Å². The molecule has 188 valence electrons. The Morgan fingerprint density at radius 2 is 1.78 bits per heavy atom. The Labute approximate surface area is 215 Å². The summed E-state index contributed by atoms with van der Waals surface area (Å²) >= 11 is 0. The Bertz CT molecular complexity index is 1460. The summed E-state index contributed by atoms with van der Waals surface area (Å²) in [5.74, 6) is 1.95. The lowest BCUT2D eigenvalue weighted by molar-refractivity contribution is 0.102. The second-order valence-electron chi connectivity index (χ2n) is 9.52. The van der Waals surface area contributed by atoms with Gasteiger partial charge in [0, 0.05) is 61.9 Å². The second kappa shape index (κ2) is 9.71. The third-order valence-electron chi connectivity index (χ3n) is 6.95. The van der Waals surface area contributed by atoms with E-state index in [4.69, 9.17) is 9.26 Å². The first-order chi connectivity index (χ1) is 18.0. The van der Waals surface area contributed by atoms with E-state index in [-0.39, 0.29) is 5.91 Å². The van der Waals surface area contributed by atoms with E-state index in [1.165, 1.54) is 0 Å². The van der Waals surface area contributed by atoms with Gasteiger partial charge in [-0.25, -0.2) is 0 Å². The summed E-state index contributed by atoms with van der Waals surface area (Å²) in [4.78, 5) is 19.8. The van der Waals surface area contributed by atoms with Crippen LogP contribution in [0, 0.1) is 13.8 Å². The van der Waals surface area contributed by atoms with E-state index in [0.717, 1.165) is 77.5 Å². The molecular formula is C29H29N5O3. The Balaban J connectivity index is 1.21. The van der Waals surface area contributed by atoms with Gasteiger partial charge in [-0.3, -0.25) is 4.79 Å². The molecule has 1 saturated heterocycles. The van der Waals surface area contributed by atoms with E-state index in [0.29, 0.717) is 23.9 Å². The first kappa shape index (κ1) is 23.2. The number of hydrogen-bond acceptors (Lipinski definition) is 7. The number of anilines is 2. The highest BCUT2D eigenvalue weighted by Gasteiger charge is 2.23. The fraction of sp³-hybridized carbons (Fsp3) is 0.276. The van der Waals surface area contributed by atoms with Crippen molar-refractivity contribution in [3.63, 3.8) is 0 Å². The van der Waals surface area contributed by atoms with Crippen molar-refractivity contribution in [1.82, 2.24) is 15.5 Å². The lowest BCUT2D eigenvalue weighted by Crippen LogP contribution is -2.43. The maximum absolute atomic E-state index is 13.2. The minimum Gasteiger partial charge on any atom is -0.491 e. The van der Waals surface area contributed by atoms with Crippen LogP contribution in [0.1, 0.15) is 27.4 Å². The first-order valence-electron chi connectivity index (χ1n) is 12.6. The number of aromatic nitrogens is 2. The van der Waals surface area contributed by atoms with E-state index in [2.05, 4.69) is 25.7 Å². The van der Waals surface area contributed by atoms with Crippen LogP contribution in [0.5, 0.6) is 5.75 Å². The lowest BCUT2D eigenvalue weighted by atomic mass is 9.97. The molecule has 37 heavy (non-hydrogen) atoms. The normalized spacial score (nSPS) is 14.8. The highest BCUT2D eigenvalue weighted by Crippen LogP contribution is 2.39.